The summed E-state index contributed by atoms with van der Waals surface area (Å²) in [5.41, 5.74) is 1.20. The topological polar surface area (TPSA) is 40.5 Å². The van der Waals surface area contributed by atoms with E-state index in [0.29, 0.717) is 10.9 Å². The third-order valence-electron chi connectivity index (χ3n) is 3.06. The van der Waals surface area contributed by atoms with E-state index < -0.39 is 5.97 Å². The van der Waals surface area contributed by atoms with Crippen molar-refractivity contribution in [3.63, 3.8) is 0 Å². The van der Waals surface area contributed by atoms with E-state index in [9.17, 15) is 4.79 Å². The maximum absolute atomic E-state index is 10.8. The average Bonchev–Trinajstić information content (AvgIpc) is 2.31. The van der Waals surface area contributed by atoms with E-state index in [0.717, 1.165) is 25.1 Å². The van der Waals surface area contributed by atoms with Crippen LogP contribution in [0.15, 0.2) is 18.2 Å². The van der Waals surface area contributed by atoms with Gasteiger partial charge >= 0.3 is 5.97 Å². The maximum Gasteiger partial charge on any atom is 0.335 e. The third kappa shape index (κ3) is 4.31. The van der Waals surface area contributed by atoms with Gasteiger partial charge in [0.1, 0.15) is 0 Å². The molecule has 0 saturated heterocycles. The van der Waals surface area contributed by atoms with Crippen LogP contribution in [0.25, 0.3) is 0 Å². The van der Waals surface area contributed by atoms with Crippen molar-refractivity contribution in [3.8, 4) is 0 Å². The molecule has 4 heteroatoms. The zero-order valence-corrected chi connectivity index (χ0v) is 11.9. The molecule has 0 saturated carbocycles. The quantitative estimate of drug-likeness (QED) is 0.859. The average molecular weight is 270 g/mol. The Morgan fingerprint density at radius 1 is 1.50 bits per heavy atom. The maximum atomic E-state index is 10.8. The Morgan fingerprint density at radius 2 is 2.17 bits per heavy atom. The molecule has 0 spiro atoms. The fourth-order valence-electron chi connectivity index (χ4n) is 1.83. The molecule has 1 unspecified atom stereocenters. The first kappa shape index (κ1) is 15.0. The summed E-state index contributed by atoms with van der Waals surface area (Å²) in [6.07, 6.45) is 1.15. The molecular weight excluding hydrogens is 250 g/mol. The van der Waals surface area contributed by atoms with E-state index in [1.165, 1.54) is 6.07 Å². The van der Waals surface area contributed by atoms with Crippen LogP contribution in [0.1, 0.15) is 36.2 Å². The third-order valence-corrected chi connectivity index (χ3v) is 3.41. The SMILES string of the molecule is CCC(C)CN(C)Cc1ccc(C(=O)O)cc1Cl. The van der Waals surface area contributed by atoms with Gasteiger partial charge in [-0.2, -0.15) is 0 Å². The molecule has 1 rings (SSSR count). The molecule has 0 aromatic heterocycles. The monoisotopic (exact) mass is 269 g/mol. The molecule has 0 fully saturated rings. The number of halogens is 1. The van der Waals surface area contributed by atoms with E-state index in [1.807, 2.05) is 7.05 Å². The fourth-order valence-corrected chi connectivity index (χ4v) is 2.07. The molecule has 1 atom stereocenters. The smallest absolute Gasteiger partial charge is 0.335 e. The highest BCUT2D eigenvalue weighted by molar-refractivity contribution is 6.31. The zero-order chi connectivity index (χ0) is 13.7. The molecule has 0 heterocycles. The van der Waals surface area contributed by atoms with Gasteiger partial charge in [-0.05, 0) is 30.7 Å². The van der Waals surface area contributed by atoms with Gasteiger partial charge in [0.25, 0.3) is 0 Å². The van der Waals surface area contributed by atoms with Gasteiger partial charge in [-0.1, -0.05) is 37.9 Å². The summed E-state index contributed by atoms with van der Waals surface area (Å²) >= 11 is 6.10. The first-order valence-electron chi connectivity index (χ1n) is 6.14. The zero-order valence-electron chi connectivity index (χ0n) is 11.1. The lowest BCUT2D eigenvalue weighted by Gasteiger charge is -2.21. The highest BCUT2D eigenvalue weighted by Crippen LogP contribution is 2.20. The van der Waals surface area contributed by atoms with Crippen molar-refractivity contribution < 1.29 is 9.90 Å². The van der Waals surface area contributed by atoms with Crippen molar-refractivity contribution in [2.45, 2.75) is 26.8 Å². The molecule has 0 aliphatic heterocycles. The first-order valence-corrected chi connectivity index (χ1v) is 6.52. The summed E-state index contributed by atoms with van der Waals surface area (Å²) in [6, 6.07) is 4.90. The molecule has 0 bridgehead atoms. The lowest BCUT2D eigenvalue weighted by Crippen LogP contribution is -2.23. The van der Waals surface area contributed by atoms with E-state index in [1.54, 1.807) is 12.1 Å². The van der Waals surface area contributed by atoms with E-state index >= 15 is 0 Å². The molecule has 1 N–H and O–H groups in total. The Bertz CT molecular complexity index is 420. The second kappa shape index (κ2) is 6.76. The van der Waals surface area contributed by atoms with Gasteiger partial charge in [-0.25, -0.2) is 4.79 Å². The number of carboxylic acid groups (broad SMARTS) is 1. The molecule has 0 aliphatic carbocycles. The van der Waals surface area contributed by atoms with Crippen molar-refractivity contribution in [1.29, 1.82) is 0 Å². The van der Waals surface area contributed by atoms with Crippen LogP contribution in [0, 0.1) is 5.92 Å². The fraction of sp³-hybridized carbons (Fsp3) is 0.500. The number of benzene rings is 1. The lowest BCUT2D eigenvalue weighted by molar-refractivity contribution is 0.0697. The van der Waals surface area contributed by atoms with Crippen molar-refractivity contribution in [1.82, 2.24) is 4.90 Å². The van der Waals surface area contributed by atoms with E-state index in [4.69, 9.17) is 16.7 Å². The Balaban J connectivity index is 2.70. The van der Waals surface area contributed by atoms with Crippen LogP contribution in [0.3, 0.4) is 0 Å². The van der Waals surface area contributed by atoms with E-state index in [-0.39, 0.29) is 5.56 Å². The van der Waals surface area contributed by atoms with Crippen LogP contribution in [0.4, 0.5) is 0 Å². The van der Waals surface area contributed by atoms with Crippen LogP contribution in [0.5, 0.6) is 0 Å². The van der Waals surface area contributed by atoms with Crippen LogP contribution in [-0.4, -0.2) is 29.6 Å². The Labute approximate surface area is 113 Å². The molecule has 0 amide bonds. The van der Waals surface area contributed by atoms with Crippen molar-refractivity contribution in [2.24, 2.45) is 5.92 Å². The molecule has 0 aliphatic rings. The van der Waals surface area contributed by atoms with Gasteiger partial charge in [0.15, 0.2) is 0 Å². The van der Waals surface area contributed by atoms with E-state index in [2.05, 4.69) is 18.7 Å². The minimum Gasteiger partial charge on any atom is -0.478 e. The van der Waals surface area contributed by atoms with Crippen LogP contribution >= 0.6 is 11.6 Å². The molecule has 1 aromatic rings. The minimum atomic E-state index is -0.948. The van der Waals surface area contributed by atoms with Crippen molar-refractivity contribution in [2.75, 3.05) is 13.6 Å². The Hall–Kier alpha value is -1.06. The number of hydrogen-bond acceptors (Lipinski definition) is 2. The van der Waals surface area contributed by atoms with Crippen LogP contribution in [-0.2, 0) is 6.54 Å². The van der Waals surface area contributed by atoms with Crippen molar-refractivity contribution in [3.05, 3.63) is 34.3 Å². The summed E-state index contributed by atoms with van der Waals surface area (Å²) in [5.74, 6) is -0.302. The molecule has 1 aromatic carbocycles. The largest absolute Gasteiger partial charge is 0.478 e. The summed E-state index contributed by atoms with van der Waals surface area (Å²) < 4.78 is 0. The van der Waals surface area contributed by atoms with Gasteiger partial charge in [-0.15, -0.1) is 0 Å². The summed E-state index contributed by atoms with van der Waals surface area (Å²) in [4.78, 5) is 13.0. The van der Waals surface area contributed by atoms with Crippen LogP contribution < -0.4 is 0 Å². The molecule has 3 nitrogen and oxygen atoms in total. The van der Waals surface area contributed by atoms with Gasteiger partial charge in [0.05, 0.1) is 5.56 Å². The molecular formula is C14H20ClNO2. The lowest BCUT2D eigenvalue weighted by atomic mass is 10.1. The van der Waals surface area contributed by atoms with Crippen LogP contribution in [0.2, 0.25) is 5.02 Å². The number of hydrogen-bond donors (Lipinski definition) is 1. The molecule has 18 heavy (non-hydrogen) atoms. The predicted molar refractivity (Wildman–Crippen MR) is 74.2 cm³/mol. The summed E-state index contributed by atoms with van der Waals surface area (Å²) in [6.45, 7) is 6.13. The van der Waals surface area contributed by atoms with Gasteiger partial charge in [0.2, 0.25) is 0 Å². The molecule has 0 radical (unpaired) electrons. The normalized spacial score (nSPS) is 12.7. The van der Waals surface area contributed by atoms with Crippen molar-refractivity contribution >= 4 is 17.6 Å². The number of rotatable bonds is 6. The highest BCUT2D eigenvalue weighted by Gasteiger charge is 2.10. The number of nitrogens with zero attached hydrogens (tertiary/aromatic N) is 1. The molecule has 100 valence electrons. The summed E-state index contributed by atoms with van der Waals surface area (Å²) in [5, 5.41) is 9.38. The summed E-state index contributed by atoms with van der Waals surface area (Å²) in [7, 11) is 2.05. The number of aromatic carboxylic acids is 1. The Morgan fingerprint density at radius 3 is 2.67 bits per heavy atom. The first-order chi connectivity index (χ1) is 8.43. The Kier molecular flexibility index (Phi) is 5.63. The van der Waals surface area contributed by atoms with Gasteiger partial charge in [0, 0.05) is 18.1 Å². The minimum absolute atomic E-state index is 0.230. The van der Waals surface area contributed by atoms with Gasteiger partial charge in [-0.3, -0.25) is 0 Å². The standard InChI is InChI=1S/C14H20ClNO2/c1-4-10(2)8-16(3)9-12-6-5-11(14(17)18)7-13(12)15/h5-7,10H,4,8-9H2,1-3H3,(H,17,18). The highest BCUT2D eigenvalue weighted by atomic mass is 35.5. The number of carbonyl (C=O) groups is 1. The van der Waals surface area contributed by atoms with Gasteiger partial charge < -0.3 is 10.0 Å². The predicted octanol–water partition coefficient (Wildman–Crippen LogP) is 3.52. The second-order valence-electron chi connectivity index (χ2n) is 4.82. The second-order valence-corrected chi connectivity index (χ2v) is 5.23. The number of carboxylic acids is 1.